The minimum atomic E-state index is -0.788. The zero-order chi connectivity index (χ0) is 11.3. The summed E-state index contributed by atoms with van der Waals surface area (Å²) in [5.74, 6) is -0.788. The molecule has 1 heterocycles. The van der Waals surface area contributed by atoms with Crippen molar-refractivity contribution in [2.24, 2.45) is 0 Å². The molecule has 1 rings (SSSR count). The molecule has 6 heteroatoms. The van der Waals surface area contributed by atoms with Crippen LogP contribution in [0.15, 0.2) is 0 Å². The smallest absolute Gasteiger partial charge is 0.322 e. The Labute approximate surface area is 90.7 Å². The molecule has 0 aliphatic carbocycles. The third-order valence-electron chi connectivity index (χ3n) is 2.87. The summed E-state index contributed by atoms with van der Waals surface area (Å²) < 4.78 is 0. The number of carboxylic acid groups (broad SMARTS) is 1. The second-order valence-electron chi connectivity index (χ2n) is 3.76. The van der Waals surface area contributed by atoms with Crippen molar-refractivity contribution in [2.45, 2.75) is 38.2 Å². The van der Waals surface area contributed by atoms with Crippen molar-refractivity contribution in [2.75, 3.05) is 13.2 Å². The quantitative estimate of drug-likeness (QED) is 0.409. The van der Waals surface area contributed by atoms with Crippen LogP contribution in [0, 0.1) is 0 Å². The summed E-state index contributed by atoms with van der Waals surface area (Å²) >= 11 is 0. The Balaban J connectivity index is 2.48. The van der Waals surface area contributed by atoms with Crippen LogP contribution < -0.4 is 5.32 Å². The van der Waals surface area contributed by atoms with E-state index >= 15 is 0 Å². The fourth-order valence-corrected chi connectivity index (χ4v) is 2.05. The summed E-state index contributed by atoms with van der Waals surface area (Å²) in [7, 11) is 1.13. The molecule has 85 valence electrons. The molecule has 0 spiro atoms. The molecule has 1 saturated heterocycles. The van der Waals surface area contributed by atoms with E-state index < -0.39 is 12.0 Å². The van der Waals surface area contributed by atoms with Gasteiger partial charge in [-0.1, -0.05) is 19.7 Å². The number of nitrogens with zero attached hydrogens (tertiary/aromatic N) is 1. The van der Waals surface area contributed by atoms with Gasteiger partial charge in [0.05, 0.1) is 0 Å². The minimum Gasteiger partial charge on any atom is -0.480 e. The van der Waals surface area contributed by atoms with E-state index in [2.05, 4.69) is 10.2 Å². The Bertz CT molecular complexity index is 216. The van der Waals surface area contributed by atoms with Crippen LogP contribution in [0.25, 0.3) is 0 Å². The van der Waals surface area contributed by atoms with Gasteiger partial charge >= 0.3 is 5.97 Å². The molecular weight excluding hydrogens is 195 g/mol. The van der Waals surface area contributed by atoms with Gasteiger partial charge in [-0.3, -0.25) is 15.0 Å². The summed E-state index contributed by atoms with van der Waals surface area (Å²) in [5.41, 5.74) is 0. The highest BCUT2D eigenvalue weighted by Crippen LogP contribution is 2.17. The second kappa shape index (κ2) is 6.10. The van der Waals surface area contributed by atoms with Gasteiger partial charge in [-0.15, -0.1) is 0 Å². The molecule has 1 aliphatic rings. The zero-order valence-corrected chi connectivity index (χ0v) is 9.02. The highest BCUT2D eigenvalue weighted by molar-refractivity contribution is 6.25. The molecule has 1 aliphatic heterocycles. The van der Waals surface area contributed by atoms with Crippen LogP contribution in [0.3, 0.4) is 0 Å². The monoisotopic (exact) mass is 213 g/mol. The van der Waals surface area contributed by atoms with E-state index in [9.17, 15) is 4.79 Å². The fraction of sp³-hybridized carbons (Fsp3) is 0.889. The van der Waals surface area contributed by atoms with E-state index in [0.717, 1.165) is 26.9 Å². The lowest BCUT2D eigenvalue weighted by Crippen LogP contribution is -2.41. The molecule has 15 heavy (non-hydrogen) atoms. The van der Waals surface area contributed by atoms with E-state index in [4.69, 9.17) is 10.1 Å². The predicted octanol–water partition coefficient (Wildman–Crippen LogP) is -0.499. The van der Waals surface area contributed by atoms with Crippen molar-refractivity contribution in [3.63, 3.8) is 0 Å². The lowest BCUT2D eigenvalue weighted by Gasteiger charge is -2.23. The maximum Gasteiger partial charge on any atom is 0.322 e. The van der Waals surface area contributed by atoms with Crippen LogP contribution in [-0.4, -0.2) is 53.8 Å². The van der Waals surface area contributed by atoms with Gasteiger partial charge in [0.15, 0.2) is 0 Å². The van der Waals surface area contributed by atoms with Gasteiger partial charge in [-0.2, -0.15) is 0 Å². The van der Waals surface area contributed by atoms with Crippen molar-refractivity contribution in [3.05, 3.63) is 0 Å². The normalized spacial score (nSPS) is 26.8. The van der Waals surface area contributed by atoms with Gasteiger partial charge < -0.3 is 10.1 Å². The highest BCUT2D eigenvalue weighted by atomic mass is 16.4. The molecule has 1 fully saturated rings. The number of nitrogens with one attached hydrogen (secondary N) is 1. The van der Waals surface area contributed by atoms with E-state index in [1.54, 1.807) is 0 Å². The number of carbonyl (C=O) groups is 1. The third kappa shape index (κ3) is 3.19. The summed E-state index contributed by atoms with van der Waals surface area (Å²) in [4.78, 5) is 13.1. The number of carboxylic acids is 1. The number of rotatable bonds is 6. The van der Waals surface area contributed by atoms with E-state index in [0.29, 0.717) is 13.0 Å². The molecule has 0 aromatic heterocycles. The molecule has 0 aromatic rings. The Morgan fingerprint density at radius 2 is 2.40 bits per heavy atom. The lowest BCUT2D eigenvalue weighted by molar-refractivity contribution is -0.139. The Morgan fingerprint density at radius 3 is 2.93 bits per heavy atom. The first-order valence-corrected chi connectivity index (χ1v) is 5.36. The van der Waals surface area contributed by atoms with Crippen LogP contribution in [0.1, 0.15) is 19.8 Å². The zero-order valence-electron chi connectivity index (χ0n) is 9.02. The van der Waals surface area contributed by atoms with Gasteiger partial charge in [0.25, 0.3) is 7.48 Å². The maximum absolute atomic E-state index is 11.0. The maximum atomic E-state index is 11.0. The van der Waals surface area contributed by atoms with Gasteiger partial charge in [0, 0.05) is 12.7 Å². The summed E-state index contributed by atoms with van der Waals surface area (Å²) in [5, 5.41) is 20.6. The van der Waals surface area contributed by atoms with Gasteiger partial charge in [-0.05, 0) is 13.0 Å². The average molecular weight is 213 g/mol. The molecule has 5 nitrogen and oxygen atoms in total. The van der Waals surface area contributed by atoms with Crippen LogP contribution in [-0.2, 0) is 4.79 Å². The number of aliphatic carboxylic acids is 1. The molecule has 1 radical (unpaired) electrons. The third-order valence-corrected chi connectivity index (χ3v) is 2.87. The first kappa shape index (κ1) is 12.5. The topological polar surface area (TPSA) is 72.8 Å². The minimum absolute atomic E-state index is 0.0486. The standard InChI is InChI=1S/C9H18BN2O3/c1-2-12-6-11-8(9(13)14)7(12)4-3-5-10-15/h7-8,11,15H,2-6H2,1H3,(H,13,14)/t7?,8-/m0/s1. The molecule has 0 aromatic carbocycles. The highest BCUT2D eigenvalue weighted by Gasteiger charge is 2.36. The van der Waals surface area contributed by atoms with Crippen molar-refractivity contribution in [1.29, 1.82) is 0 Å². The molecule has 2 atom stereocenters. The van der Waals surface area contributed by atoms with Crippen molar-refractivity contribution in [3.8, 4) is 0 Å². The Kier molecular flexibility index (Phi) is 5.07. The molecule has 3 N–H and O–H groups in total. The van der Waals surface area contributed by atoms with Crippen LogP contribution in [0.2, 0.25) is 6.32 Å². The first-order chi connectivity index (χ1) is 7.20. The fourth-order valence-electron chi connectivity index (χ4n) is 2.05. The van der Waals surface area contributed by atoms with E-state index in [-0.39, 0.29) is 6.04 Å². The van der Waals surface area contributed by atoms with E-state index in [1.165, 1.54) is 0 Å². The Hall–Kier alpha value is -0.585. The number of likely N-dealkylation sites (N-methyl/N-ethyl adjacent to an activating group) is 1. The van der Waals surface area contributed by atoms with Crippen molar-refractivity contribution >= 4 is 13.5 Å². The molecule has 0 saturated carbocycles. The van der Waals surface area contributed by atoms with Gasteiger partial charge in [-0.25, -0.2) is 0 Å². The summed E-state index contributed by atoms with van der Waals surface area (Å²) in [6.07, 6.45) is 2.25. The molecule has 1 unspecified atom stereocenters. The van der Waals surface area contributed by atoms with Crippen LogP contribution in [0.5, 0.6) is 0 Å². The Morgan fingerprint density at radius 1 is 1.67 bits per heavy atom. The lowest BCUT2D eigenvalue weighted by atomic mass is 9.90. The largest absolute Gasteiger partial charge is 0.480 e. The molecule has 0 amide bonds. The van der Waals surface area contributed by atoms with Gasteiger partial charge in [0.1, 0.15) is 6.04 Å². The first-order valence-electron chi connectivity index (χ1n) is 5.36. The molecular formula is C9H18BN2O3. The van der Waals surface area contributed by atoms with Crippen LogP contribution >= 0.6 is 0 Å². The summed E-state index contributed by atoms with van der Waals surface area (Å²) in [6, 6.07) is -0.420. The SMILES string of the molecule is CCN1CN[C@H](C(=O)O)C1CCC[B]O. The van der Waals surface area contributed by atoms with Crippen molar-refractivity contribution < 1.29 is 14.9 Å². The van der Waals surface area contributed by atoms with E-state index in [1.807, 2.05) is 6.92 Å². The van der Waals surface area contributed by atoms with Gasteiger partial charge in [0.2, 0.25) is 0 Å². The number of hydrogen-bond acceptors (Lipinski definition) is 4. The van der Waals surface area contributed by atoms with Crippen LogP contribution in [0.4, 0.5) is 0 Å². The summed E-state index contributed by atoms with van der Waals surface area (Å²) in [6.45, 7) is 3.52. The second-order valence-corrected chi connectivity index (χ2v) is 3.76. The molecule has 0 bridgehead atoms. The average Bonchev–Trinajstić information content (AvgIpc) is 2.61. The number of hydrogen-bond donors (Lipinski definition) is 3. The predicted molar refractivity (Wildman–Crippen MR) is 57.6 cm³/mol. The van der Waals surface area contributed by atoms with Crippen molar-refractivity contribution in [1.82, 2.24) is 10.2 Å².